The predicted octanol–water partition coefficient (Wildman–Crippen LogP) is 1.25. The van der Waals surface area contributed by atoms with Crippen molar-refractivity contribution >= 4 is 5.95 Å². The molecule has 0 aromatic carbocycles. The van der Waals surface area contributed by atoms with Crippen molar-refractivity contribution in [2.75, 3.05) is 18.1 Å². The Bertz CT molecular complexity index is 410. The lowest BCUT2D eigenvalue weighted by atomic mass is 10.1. The number of rotatable bonds is 3. The van der Waals surface area contributed by atoms with E-state index in [4.69, 9.17) is 10.5 Å². The van der Waals surface area contributed by atoms with Gasteiger partial charge in [0.1, 0.15) is 0 Å². The molecule has 100 valence electrons. The highest BCUT2D eigenvalue weighted by Gasteiger charge is 2.27. The number of hydrogen-bond donors (Lipinski definition) is 1. The molecule has 2 atom stereocenters. The number of nitrogens with two attached hydrogens (primary N) is 1. The van der Waals surface area contributed by atoms with Crippen molar-refractivity contribution in [2.24, 2.45) is 5.73 Å². The topological polar surface area (TPSA) is 64.3 Å². The van der Waals surface area contributed by atoms with Gasteiger partial charge in [0.25, 0.3) is 0 Å². The first kappa shape index (κ1) is 13.2. The molecule has 1 saturated heterocycles. The molecule has 5 nitrogen and oxygen atoms in total. The van der Waals surface area contributed by atoms with Crippen LogP contribution in [-0.2, 0) is 11.3 Å². The number of aromatic nitrogens is 2. The fourth-order valence-electron chi connectivity index (χ4n) is 2.25. The van der Waals surface area contributed by atoms with Crippen molar-refractivity contribution < 1.29 is 4.74 Å². The van der Waals surface area contributed by atoms with E-state index in [1.54, 1.807) is 0 Å². The monoisotopic (exact) mass is 250 g/mol. The van der Waals surface area contributed by atoms with Gasteiger partial charge in [0.05, 0.1) is 18.8 Å². The van der Waals surface area contributed by atoms with Gasteiger partial charge in [-0.15, -0.1) is 0 Å². The first-order chi connectivity index (χ1) is 8.65. The van der Waals surface area contributed by atoms with Crippen molar-refractivity contribution in [1.82, 2.24) is 9.97 Å². The van der Waals surface area contributed by atoms with E-state index in [2.05, 4.69) is 28.7 Å². The standard InChI is InChI=1S/C13H22N4O/c1-4-12-8-18-9(2)7-17(12)13-15-6-11(5-14)10(3)16-13/h6,9,12H,4-5,7-8,14H2,1-3H3. The molecule has 5 heteroatoms. The van der Waals surface area contributed by atoms with Crippen LogP contribution in [-0.4, -0.2) is 35.3 Å². The molecule has 2 unspecified atom stereocenters. The number of ether oxygens (including phenoxy) is 1. The summed E-state index contributed by atoms with van der Waals surface area (Å²) in [7, 11) is 0. The van der Waals surface area contributed by atoms with Crippen LogP contribution in [0, 0.1) is 6.92 Å². The zero-order chi connectivity index (χ0) is 13.1. The average Bonchev–Trinajstić information content (AvgIpc) is 2.38. The van der Waals surface area contributed by atoms with E-state index in [1.165, 1.54) is 0 Å². The molecule has 0 amide bonds. The summed E-state index contributed by atoms with van der Waals surface area (Å²) in [5.74, 6) is 0.798. The SMILES string of the molecule is CCC1COC(C)CN1c1ncc(CN)c(C)n1. The molecule has 0 bridgehead atoms. The van der Waals surface area contributed by atoms with Crippen molar-refractivity contribution in [3.63, 3.8) is 0 Å². The number of nitrogens with zero attached hydrogens (tertiary/aromatic N) is 3. The summed E-state index contributed by atoms with van der Waals surface area (Å²) in [5.41, 5.74) is 7.62. The third-order valence-corrected chi connectivity index (χ3v) is 3.48. The molecule has 1 aliphatic heterocycles. The molecule has 18 heavy (non-hydrogen) atoms. The lowest BCUT2D eigenvalue weighted by Gasteiger charge is -2.38. The van der Waals surface area contributed by atoms with Crippen LogP contribution in [0.2, 0.25) is 0 Å². The van der Waals surface area contributed by atoms with E-state index in [1.807, 2.05) is 13.1 Å². The maximum Gasteiger partial charge on any atom is 0.225 e. The van der Waals surface area contributed by atoms with Crippen molar-refractivity contribution in [3.8, 4) is 0 Å². The first-order valence-electron chi connectivity index (χ1n) is 6.56. The smallest absolute Gasteiger partial charge is 0.225 e. The summed E-state index contributed by atoms with van der Waals surface area (Å²) in [5, 5.41) is 0. The molecule has 1 fully saturated rings. The zero-order valence-corrected chi connectivity index (χ0v) is 11.4. The van der Waals surface area contributed by atoms with E-state index in [9.17, 15) is 0 Å². The molecular formula is C13H22N4O. The number of hydrogen-bond acceptors (Lipinski definition) is 5. The molecule has 0 aliphatic carbocycles. The second kappa shape index (κ2) is 5.63. The van der Waals surface area contributed by atoms with Crippen LogP contribution in [0.15, 0.2) is 6.20 Å². The Labute approximate surface area is 108 Å². The van der Waals surface area contributed by atoms with Crippen LogP contribution in [0.3, 0.4) is 0 Å². The van der Waals surface area contributed by atoms with Gasteiger partial charge in [-0.3, -0.25) is 0 Å². The quantitative estimate of drug-likeness (QED) is 0.874. The number of morpholine rings is 1. The Morgan fingerprint density at radius 1 is 1.56 bits per heavy atom. The molecule has 2 heterocycles. The van der Waals surface area contributed by atoms with Gasteiger partial charge in [0, 0.05) is 30.5 Å². The van der Waals surface area contributed by atoms with E-state index in [0.29, 0.717) is 12.6 Å². The molecule has 2 N–H and O–H groups in total. The molecule has 1 aliphatic rings. The second-order valence-electron chi connectivity index (χ2n) is 4.84. The highest BCUT2D eigenvalue weighted by molar-refractivity contribution is 5.35. The summed E-state index contributed by atoms with van der Waals surface area (Å²) >= 11 is 0. The fraction of sp³-hybridized carbons (Fsp3) is 0.692. The third-order valence-electron chi connectivity index (χ3n) is 3.48. The Morgan fingerprint density at radius 3 is 2.94 bits per heavy atom. The summed E-state index contributed by atoms with van der Waals surface area (Å²) in [4.78, 5) is 11.3. The summed E-state index contributed by atoms with van der Waals surface area (Å²) in [6.07, 6.45) is 3.10. The average molecular weight is 250 g/mol. The summed E-state index contributed by atoms with van der Waals surface area (Å²) in [6.45, 7) is 8.32. The van der Waals surface area contributed by atoms with E-state index >= 15 is 0 Å². The van der Waals surface area contributed by atoms with Gasteiger partial charge in [-0.2, -0.15) is 0 Å². The first-order valence-corrected chi connectivity index (χ1v) is 6.56. The van der Waals surface area contributed by atoms with Crippen LogP contribution in [0.4, 0.5) is 5.95 Å². The molecular weight excluding hydrogens is 228 g/mol. The zero-order valence-electron chi connectivity index (χ0n) is 11.4. The molecule has 0 radical (unpaired) electrons. The number of aryl methyl sites for hydroxylation is 1. The van der Waals surface area contributed by atoms with Gasteiger partial charge < -0.3 is 15.4 Å². The lowest BCUT2D eigenvalue weighted by molar-refractivity contribution is 0.0292. The van der Waals surface area contributed by atoms with Gasteiger partial charge in [0.15, 0.2) is 0 Å². The van der Waals surface area contributed by atoms with E-state index in [-0.39, 0.29) is 6.10 Å². The Morgan fingerprint density at radius 2 is 2.33 bits per heavy atom. The Hall–Kier alpha value is -1.20. The fourth-order valence-corrected chi connectivity index (χ4v) is 2.25. The molecule has 0 saturated carbocycles. The summed E-state index contributed by atoms with van der Waals surface area (Å²) in [6, 6.07) is 0.365. The highest BCUT2D eigenvalue weighted by atomic mass is 16.5. The molecule has 0 spiro atoms. The van der Waals surface area contributed by atoms with Crippen LogP contribution in [0.1, 0.15) is 31.5 Å². The second-order valence-corrected chi connectivity index (χ2v) is 4.84. The van der Waals surface area contributed by atoms with E-state index < -0.39 is 0 Å². The minimum absolute atomic E-state index is 0.228. The van der Waals surface area contributed by atoms with E-state index in [0.717, 1.165) is 36.8 Å². The van der Waals surface area contributed by atoms with Gasteiger partial charge in [-0.25, -0.2) is 9.97 Å². The maximum atomic E-state index is 5.69. The predicted molar refractivity (Wildman–Crippen MR) is 71.5 cm³/mol. The maximum absolute atomic E-state index is 5.69. The van der Waals surface area contributed by atoms with Gasteiger partial charge in [-0.1, -0.05) is 6.92 Å². The van der Waals surface area contributed by atoms with Crippen LogP contribution in [0.5, 0.6) is 0 Å². The summed E-state index contributed by atoms with van der Waals surface area (Å²) < 4.78 is 5.69. The normalized spacial score (nSPS) is 24.3. The van der Waals surface area contributed by atoms with Crippen LogP contribution < -0.4 is 10.6 Å². The number of anilines is 1. The van der Waals surface area contributed by atoms with Crippen molar-refractivity contribution in [2.45, 2.75) is 45.9 Å². The lowest BCUT2D eigenvalue weighted by Crippen LogP contribution is -2.49. The van der Waals surface area contributed by atoms with Crippen LogP contribution >= 0.6 is 0 Å². The molecule has 1 aromatic rings. The van der Waals surface area contributed by atoms with Gasteiger partial charge in [0.2, 0.25) is 5.95 Å². The molecule has 2 rings (SSSR count). The minimum Gasteiger partial charge on any atom is -0.375 e. The highest BCUT2D eigenvalue weighted by Crippen LogP contribution is 2.20. The Kier molecular flexibility index (Phi) is 4.14. The van der Waals surface area contributed by atoms with Crippen LogP contribution in [0.25, 0.3) is 0 Å². The molecule has 1 aromatic heterocycles. The van der Waals surface area contributed by atoms with Crippen molar-refractivity contribution in [1.29, 1.82) is 0 Å². The van der Waals surface area contributed by atoms with Gasteiger partial charge >= 0.3 is 0 Å². The largest absolute Gasteiger partial charge is 0.375 e. The third kappa shape index (κ3) is 2.62. The van der Waals surface area contributed by atoms with Crippen molar-refractivity contribution in [3.05, 3.63) is 17.5 Å². The van der Waals surface area contributed by atoms with Gasteiger partial charge in [-0.05, 0) is 20.3 Å². The minimum atomic E-state index is 0.228. The Balaban J connectivity index is 2.25.